The predicted molar refractivity (Wildman–Crippen MR) is 37.5 cm³/mol. The third-order valence-corrected chi connectivity index (χ3v) is 1.13. The third-order valence-electron chi connectivity index (χ3n) is 1.13. The Labute approximate surface area is 63.8 Å². The molecule has 0 saturated heterocycles. The molecule has 1 aromatic carbocycles. The molecule has 3 heteroatoms. The molecule has 0 saturated carbocycles. The van der Waals surface area contributed by atoms with Crippen LogP contribution in [0.15, 0.2) is 24.3 Å². The lowest BCUT2D eigenvalue weighted by atomic mass is 10.3. The van der Waals surface area contributed by atoms with E-state index in [0.29, 0.717) is 0 Å². The third kappa shape index (κ3) is 1.94. The lowest BCUT2D eigenvalue weighted by Gasteiger charge is -2.00. The Morgan fingerprint density at radius 2 is 2.18 bits per heavy atom. The van der Waals surface area contributed by atoms with Crippen LogP contribution in [0.1, 0.15) is 0 Å². The van der Waals surface area contributed by atoms with Crippen LogP contribution in [0.5, 0.6) is 5.75 Å². The second-order valence-electron chi connectivity index (χ2n) is 1.88. The number of halogens is 1. The number of nitrogens with zero attached hydrogens (tertiary/aromatic N) is 1. The zero-order valence-corrected chi connectivity index (χ0v) is 5.75. The number of hydrogen-bond acceptors (Lipinski definition) is 2. The minimum Gasteiger partial charge on any atom is -0.476 e. The number of hydrogen-bond donors (Lipinski definition) is 0. The Balaban J connectivity index is 2.71. The van der Waals surface area contributed by atoms with Gasteiger partial charge in [-0.1, -0.05) is 12.1 Å². The van der Waals surface area contributed by atoms with E-state index in [1.165, 1.54) is 12.1 Å². The van der Waals surface area contributed by atoms with Gasteiger partial charge in [-0.25, -0.2) is 4.39 Å². The summed E-state index contributed by atoms with van der Waals surface area (Å²) in [5.41, 5.74) is 0. The van der Waals surface area contributed by atoms with Gasteiger partial charge in [-0.15, -0.1) is 0 Å². The van der Waals surface area contributed by atoms with E-state index in [2.05, 4.69) is 0 Å². The highest BCUT2D eigenvalue weighted by Gasteiger charge is 1.98. The Hall–Kier alpha value is -1.56. The van der Waals surface area contributed by atoms with Crippen molar-refractivity contribution in [2.45, 2.75) is 0 Å². The molecule has 0 aromatic heterocycles. The zero-order valence-electron chi connectivity index (χ0n) is 5.75. The molecule has 0 aliphatic rings. The quantitative estimate of drug-likeness (QED) is 0.644. The first-order valence-electron chi connectivity index (χ1n) is 3.09. The number of benzene rings is 1. The van der Waals surface area contributed by atoms with Gasteiger partial charge in [-0.05, 0) is 12.1 Å². The molecule has 0 fully saturated rings. The van der Waals surface area contributed by atoms with Crippen molar-refractivity contribution in [2.24, 2.45) is 0 Å². The molecule has 11 heavy (non-hydrogen) atoms. The lowest BCUT2D eigenvalue weighted by molar-refractivity contribution is 0.346. The van der Waals surface area contributed by atoms with Crippen LogP contribution in [0.4, 0.5) is 4.39 Å². The van der Waals surface area contributed by atoms with E-state index in [-0.39, 0.29) is 12.4 Å². The SMILES string of the molecule is N#CCOc1ccccc1F. The lowest BCUT2D eigenvalue weighted by Crippen LogP contribution is -1.95. The summed E-state index contributed by atoms with van der Waals surface area (Å²) in [6, 6.07) is 7.73. The zero-order chi connectivity index (χ0) is 8.10. The van der Waals surface area contributed by atoms with Crippen LogP contribution in [-0.2, 0) is 0 Å². The molecule has 0 heterocycles. The topological polar surface area (TPSA) is 33.0 Å². The first kappa shape index (κ1) is 7.55. The second-order valence-corrected chi connectivity index (χ2v) is 1.88. The van der Waals surface area contributed by atoms with Crippen molar-refractivity contribution in [2.75, 3.05) is 6.61 Å². The van der Waals surface area contributed by atoms with Crippen molar-refractivity contribution < 1.29 is 9.13 Å². The fourth-order valence-corrected chi connectivity index (χ4v) is 0.672. The summed E-state index contributed by atoms with van der Waals surface area (Å²) in [4.78, 5) is 0. The normalized spacial score (nSPS) is 8.73. The summed E-state index contributed by atoms with van der Waals surface area (Å²) in [6.07, 6.45) is 0. The fourth-order valence-electron chi connectivity index (χ4n) is 0.672. The molecular formula is C8H6FNO. The van der Waals surface area contributed by atoms with Crippen molar-refractivity contribution >= 4 is 0 Å². The smallest absolute Gasteiger partial charge is 0.174 e. The maximum atomic E-state index is 12.7. The van der Waals surface area contributed by atoms with Gasteiger partial charge in [0.1, 0.15) is 6.07 Å². The highest BCUT2D eigenvalue weighted by Crippen LogP contribution is 2.14. The summed E-state index contributed by atoms with van der Waals surface area (Å²) < 4.78 is 17.4. The molecule has 0 bridgehead atoms. The summed E-state index contributed by atoms with van der Waals surface area (Å²) in [7, 11) is 0. The van der Waals surface area contributed by atoms with Crippen molar-refractivity contribution in [3.05, 3.63) is 30.1 Å². The molecule has 0 unspecified atom stereocenters. The molecule has 0 aliphatic carbocycles. The van der Waals surface area contributed by atoms with Crippen molar-refractivity contribution in [3.63, 3.8) is 0 Å². The Kier molecular flexibility index (Phi) is 2.45. The largest absolute Gasteiger partial charge is 0.476 e. The van der Waals surface area contributed by atoms with E-state index in [1.54, 1.807) is 18.2 Å². The van der Waals surface area contributed by atoms with Crippen LogP contribution in [-0.4, -0.2) is 6.61 Å². The van der Waals surface area contributed by atoms with Crippen LogP contribution in [0, 0.1) is 17.1 Å². The number of para-hydroxylation sites is 1. The highest BCUT2D eigenvalue weighted by atomic mass is 19.1. The van der Waals surface area contributed by atoms with E-state index in [0.717, 1.165) is 0 Å². The molecule has 0 aliphatic heterocycles. The van der Waals surface area contributed by atoms with Crippen LogP contribution in [0.3, 0.4) is 0 Å². The molecule has 0 radical (unpaired) electrons. The van der Waals surface area contributed by atoms with Crippen molar-refractivity contribution in [3.8, 4) is 11.8 Å². The van der Waals surface area contributed by atoms with Crippen molar-refractivity contribution in [1.82, 2.24) is 0 Å². The predicted octanol–water partition coefficient (Wildman–Crippen LogP) is 1.73. The van der Waals surface area contributed by atoms with E-state index >= 15 is 0 Å². The van der Waals surface area contributed by atoms with Gasteiger partial charge in [0.25, 0.3) is 0 Å². The molecule has 0 atom stereocenters. The number of nitriles is 1. The number of rotatable bonds is 2. The summed E-state index contributed by atoms with van der Waals surface area (Å²) in [6.45, 7) is -0.124. The summed E-state index contributed by atoms with van der Waals surface area (Å²) >= 11 is 0. The Morgan fingerprint density at radius 1 is 1.45 bits per heavy atom. The maximum absolute atomic E-state index is 12.7. The molecule has 0 N–H and O–H groups in total. The van der Waals surface area contributed by atoms with E-state index in [9.17, 15) is 4.39 Å². The molecular weight excluding hydrogens is 145 g/mol. The minimum atomic E-state index is -0.442. The van der Waals surface area contributed by atoms with Gasteiger partial charge in [0.15, 0.2) is 18.2 Å². The van der Waals surface area contributed by atoms with Crippen molar-refractivity contribution in [1.29, 1.82) is 5.26 Å². The van der Waals surface area contributed by atoms with Crippen LogP contribution >= 0.6 is 0 Å². The average Bonchev–Trinajstić information content (AvgIpc) is 2.03. The molecule has 1 aromatic rings. The Bertz CT molecular complexity index is 280. The molecule has 0 amide bonds. The van der Waals surface area contributed by atoms with Gasteiger partial charge in [-0.3, -0.25) is 0 Å². The molecule has 56 valence electrons. The monoisotopic (exact) mass is 151 g/mol. The van der Waals surface area contributed by atoms with Crippen LogP contribution in [0.25, 0.3) is 0 Å². The van der Waals surface area contributed by atoms with E-state index < -0.39 is 5.82 Å². The molecule has 2 nitrogen and oxygen atoms in total. The summed E-state index contributed by atoms with van der Waals surface area (Å²) in [5.74, 6) is -0.322. The van der Waals surface area contributed by atoms with Gasteiger partial charge in [0.2, 0.25) is 0 Å². The second kappa shape index (κ2) is 3.57. The maximum Gasteiger partial charge on any atom is 0.174 e. The van der Waals surface area contributed by atoms with E-state index in [1.807, 2.05) is 0 Å². The van der Waals surface area contributed by atoms with Gasteiger partial charge >= 0.3 is 0 Å². The van der Waals surface area contributed by atoms with Gasteiger partial charge in [-0.2, -0.15) is 5.26 Å². The average molecular weight is 151 g/mol. The van der Waals surface area contributed by atoms with Gasteiger partial charge < -0.3 is 4.74 Å². The summed E-state index contributed by atoms with van der Waals surface area (Å²) in [5, 5.41) is 8.12. The molecule has 0 spiro atoms. The fraction of sp³-hybridized carbons (Fsp3) is 0.125. The van der Waals surface area contributed by atoms with Crippen LogP contribution in [0.2, 0.25) is 0 Å². The van der Waals surface area contributed by atoms with Gasteiger partial charge in [0, 0.05) is 0 Å². The van der Waals surface area contributed by atoms with Gasteiger partial charge in [0.05, 0.1) is 0 Å². The first-order valence-corrected chi connectivity index (χ1v) is 3.09. The van der Waals surface area contributed by atoms with E-state index in [4.69, 9.17) is 10.00 Å². The standard InChI is InChI=1S/C8H6FNO/c9-7-3-1-2-4-8(7)11-6-5-10/h1-4H,6H2. The highest BCUT2D eigenvalue weighted by molar-refractivity contribution is 5.23. The number of ether oxygens (including phenoxy) is 1. The first-order chi connectivity index (χ1) is 5.34. The Morgan fingerprint density at radius 3 is 2.82 bits per heavy atom. The minimum absolute atomic E-state index is 0.119. The molecule has 1 rings (SSSR count). The van der Waals surface area contributed by atoms with Crippen LogP contribution < -0.4 is 4.74 Å².